The molecule has 96 valence electrons. The average molecular weight is 249 g/mol. The van der Waals surface area contributed by atoms with Crippen molar-refractivity contribution in [1.82, 2.24) is 4.31 Å². The Labute approximate surface area is 98.7 Å². The number of sulfonamides is 1. The Kier molecular flexibility index (Phi) is 5.21. The van der Waals surface area contributed by atoms with Gasteiger partial charge < -0.3 is 5.11 Å². The second kappa shape index (κ2) is 5.98. The van der Waals surface area contributed by atoms with E-state index in [1.54, 1.807) is 4.31 Å². The van der Waals surface area contributed by atoms with Crippen LogP contribution in [0.1, 0.15) is 39.5 Å². The molecular weight excluding hydrogens is 226 g/mol. The Bertz CT molecular complexity index is 302. The van der Waals surface area contributed by atoms with Crippen LogP contribution in [0, 0.1) is 5.92 Å². The second-order valence-electron chi connectivity index (χ2n) is 4.85. The summed E-state index contributed by atoms with van der Waals surface area (Å²) in [6, 6.07) is 0.135. The third-order valence-corrected chi connectivity index (χ3v) is 5.26. The molecule has 2 atom stereocenters. The van der Waals surface area contributed by atoms with Crippen LogP contribution in [-0.2, 0) is 10.0 Å². The van der Waals surface area contributed by atoms with Crippen molar-refractivity contribution < 1.29 is 13.5 Å². The summed E-state index contributed by atoms with van der Waals surface area (Å²) in [5.41, 5.74) is 0. The molecule has 0 aromatic heterocycles. The molecule has 2 unspecified atom stereocenters. The van der Waals surface area contributed by atoms with E-state index >= 15 is 0 Å². The van der Waals surface area contributed by atoms with E-state index in [2.05, 4.69) is 6.92 Å². The van der Waals surface area contributed by atoms with Crippen molar-refractivity contribution in [1.29, 1.82) is 0 Å². The van der Waals surface area contributed by atoms with Crippen molar-refractivity contribution in [2.75, 3.05) is 18.9 Å². The van der Waals surface area contributed by atoms with Crippen LogP contribution in [0.25, 0.3) is 0 Å². The van der Waals surface area contributed by atoms with Crippen LogP contribution in [-0.4, -0.2) is 42.8 Å². The van der Waals surface area contributed by atoms with Crippen molar-refractivity contribution >= 4 is 10.0 Å². The van der Waals surface area contributed by atoms with Crippen molar-refractivity contribution in [3.63, 3.8) is 0 Å². The molecule has 0 aromatic carbocycles. The summed E-state index contributed by atoms with van der Waals surface area (Å²) < 4.78 is 25.8. The van der Waals surface area contributed by atoms with Crippen LogP contribution in [0.5, 0.6) is 0 Å². The highest BCUT2D eigenvalue weighted by Gasteiger charge is 2.31. The molecule has 1 N–H and O–H groups in total. The van der Waals surface area contributed by atoms with E-state index in [9.17, 15) is 8.42 Å². The molecule has 1 fully saturated rings. The smallest absolute Gasteiger partial charge is 0.214 e. The number of nitrogens with zero attached hydrogens (tertiary/aromatic N) is 1. The standard InChI is InChI=1S/C11H23NO3S/c1-10-5-6-11(2)12(9-10)16(14,15)8-4-3-7-13/h10-11,13H,3-9H2,1-2H3. The van der Waals surface area contributed by atoms with E-state index in [4.69, 9.17) is 5.11 Å². The van der Waals surface area contributed by atoms with Crippen molar-refractivity contribution in [2.24, 2.45) is 5.92 Å². The molecule has 0 saturated carbocycles. The Morgan fingerprint density at radius 3 is 2.56 bits per heavy atom. The van der Waals surface area contributed by atoms with E-state index in [0.717, 1.165) is 12.8 Å². The number of hydrogen-bond donors (Lipinski definition) is 1. The fourth-order valence-electron chi connectivity index (χ4n) is 2.15. The zero-order chi connectivity index (χ0) is 12.2. The van der Waals surface area contributed by atoms with E-state index in [1.165, 1.54) is 0 Å². The molecule has 0 aromatic rings. The Hall–Kier alpha value is -0.130. The lowest BCUT2D eigenvalue weighted by Crippen LogP contribution is -2.45. The highest BCUT2D eigenvalue weighted by atomic mass is 32.2. The largest absolute Gasteiger partial charge is 0.396 e. The summed E-state index contributed by atoms with van der Waals surface area (Å²) in [6.07, 6.45) is 3.19. The molecular formula is C11H23NO3S. The Morgan fingerprint density at radius 2 is 1.94 bits per heavy atom. The van der Waals surface area contributed by atoms with Gasteiger partial charge >= 0.3 is 0 Å². The lowest BCUT2D eigenvalue weighted by molar-refractivity contribution is 0.217. The van der Waals surface area contributed by atoms with Crippen LogP contribution in [0.15, 0.2) is 0 Å². The van der Waals surface area contributed by atoms with Gasteiger partial charge in [-0.25, -0.2) is 8.42 Å². The van der Waals surface area contributed by atoms with Crippen LogP contribution < -0.4 is 0 Å². The van der Waals surface area contributed by atoms with Gasteiger partial charge in [-0.05, 0) is 38.5 Å². The molecule has 1 aliphatic rings. The number of rotatable bonds is 5. The van der Waals surface area contributed by atoms with Gasteiger partial charge in [-0.2, -0.15) is 4.31 Å². The molecule has 0 amide bonds. The third kappa shape index (κ3) is 3.71. The number of unbranched alkanes of at least 4 members (excludes halogenated alkanes) is 1. The minimum Gasteiger partial charge on any atom is -0.396 e. The molecule has 0 aliphatic carbocycles. The van der Waals surface area contributed by atoms with E-state index in [0.29, 0.717) is 25.3 Å². The van der Waals surface area contributed by atoms with Gasteiger partial charge in [-0.15, -0.1) is 0 Å². The maximum atomic E-state index is 12.1. The third-order valence-electron chi connectivity index (χ3n) is 3.23. The van der Waals surface area contributed by atoms with E-state index < -0.39 is 10.0 Å². The number of hydrogen-bond acceptors (Lipinski definition) is 3. The predicted octanol–water partition coefficient (Wildman–Crippen LogP) is 1.21. The maximum absolute atomic E-state index is 12.1. The topological polar surface area (TPSA) is 57.6 Å². The summed E-state index contributed by atoms with van der Waals surface area (Å²) >= 11 is 0. The van der Waals surface area contributed by atoms with E-state index in [-0.39, 0.29) is 18.4 Å². The normalized spacial score (nSPS) is 28.2. The second-order valence-corrected chi connectivity index (χ2v) is 6.89. The number of piperidine rings is 1. The molecule has 1 heterocycles. The molecule has 16 heavy (non-hydrogen) atoms. The van der Waals surface area contributed by atoms with Gasteiger partial charge in [0.15, 0.2) is 0 Å². The highest BCUT2D eigenvalue weighted by molar-refractivity contribution is 7.89. The van der Waals surface area contributed by atoms with Crippen LogP contribution in [0.4, 0.5) is 0 Å². The monoisotopic (exact) mass is 249 g/mol. The van der Waals surface area contributed by atoms with Gasteiger partial charge in [0.1, 0.15) is 0 Å². The van der Waals surface area contributed by atoms with Crippen molar-refractivity contribution in [2.45, 2.75) is 45.6 Å². The quantitative estimate of drug-likeness (QED) is 0.745. The fourth-order valence-corrected chi connectivity index (χ4v) is 4.09. The zero-order valence-corrected chi connectivity index (χ0v) is 11.0. The summed E-state index contributed by atoms with van der Waals surface area (Å²) in [5, 5.41) is 8.66. The minimum atomic E-state index is -3.12. The van der Waals surface area contributed by atoms with E-state index in [1.807, 2.05) is 6.92 Å². The minimum absolute atomic E-state index is 0.0709. The first-order chi connectivity index (χ1) is 7.47. The van der Waals surface area contributed by atoms with Crippen LogP contribution in [0.2, 0.25) is 0 Å². The first-order valence-electron chi connectivity index (χ1n) is 6.07. The van der Waals surface area contributed by atoms with Gasteiger partial charge in [-0.1, -0.05) is 6.92 Å². The molecule has 0 spiro atoms. The lowest BCUT2D eigenvalue weighted by atomic mass is 9.97. The molecule has 1 rings (SSSR count). The zero-order valence-electron chi connectivity index (χ0n) is 10.2. The Morgan fingerprint density at radius 1 is 1.25 bits per heavy atom. The van der Waals surface area contributed by atoms with Gasteiger partial charge in [0.2, 0.25) is 10.0 Å². The highest BCUT2D eigenvalue weighted by Crippen LogP contribution is 2.24. The van der Waals surface area contributed by atoms with Crippen molar-refractivity contribution in [3.05, 3.63) is 0 Å². The molecule has 5 heteroatoms. The fraction of sp³-hybridized carbons (Fsp3) is 1.00. The first kappa shape index (κ1) is 13.9. The molecule has 0 radical (unpaired) electrons. The van der Waals surface area contributed by atoms with Gasteiger partial charge in [0, 0.05) is 19.2 Å². The summed E-state index contributed by atoms with van der Waals surface area (Å²) in [4.78, 5) is 0. The number of aliphatic hydroxyl groups is 1. The average Bonchev–Trinajstić information content (AvgIpc) is 2.22. The summed E-state index contributed by atoms with van der Waals surface area (Å²) in [5.74, 6) is 0.633. The predicted molar refractivity (Wildman–Crippen MR) is 64.7 cm³/mol. The lowest BCUT2D eigenvalue weighted by Gasteiger charge is -2.35. The number of aliphatic hydroxyl groups excluding tert-OH is 1. The maximum Gasteiger partial charge on any atom is 0.214 e. The van der Waals surface area contributed by atoms with Gasteiger partial charge in [-0.3, -0.25) is 0 Å². The first-order valence-corrected chi connectivity index (χ1v) is 7.68. The van der Waals surface area contributed by atoms with Crippen LogP contribution in [0.3, 0.4) is 0 Å². The molecule has 1 saturated heterocycles. The Balaban J connectivity index is 2.58. The van der Waals surface area contributed by atoms with Gasteiger partial charge in [0.05, 0.1) is 5.75 Å². The SMILES string of the molecule is CC1CCC(C)N(S(=O)(=O)CCCCO)C1. The summed E-state index contributed by atoms with van der Waals surface area (Å²) in [7, 11) is -3.12. The van der Waals surface area contributed by atoms with Crippen molar-refractivity contribution in [3.8, 4) is 0 Å². The summed E-state index contributed by atoms with van der Waals surface area (Å²) in [6.45, 7) is 4.81. The molecule has 1 aliphatic heterocycles. The molecule has 4 nitrogen and oxygen atoms in total. The van der Waals surface area contributed by atoms with Crippen LogP contribution >= 0.6 is 0 Å². The molecule has 0 bridgehead atoms. The van der Waals surface area contributed by atoms with Gasteiger partial charge in [0.25, 0.3) is 0 Å².